The van der Waals surface area contributed by atoms with Gasteiger partial charge in [0.25, 0.3) is 11.5 Å². The summed E-state index contributed by atoms with van der Waals surface area (Å²) in [6, 6.07) is 18.9. The first-order valence-electron chi connectivity index (χ1n) is 12.4. The van der Waals surface area contributed by atoms with Gasteiger partial charge in [-0.1, -0.05) is 88.9 Å². The van der Waals surface area contributed by atoms with Crippen molar-refractivity contribution in [2.45, 2.75) is 12.5 Å². The Hall–Kier alpha value is -3.53. The second kappa shape index (κ2) is 12.4. The number of benzene rings is 3. The minimum absolute atomic E-state index is 0.0914. The number of aromatic nitrogens is 1. The molecule has 42 heavy (non-hydrogen) atoms. The summed E-state index contributed by atoms with van der Waals surface area (Å²) >= 11 is 26.2. The van der Waals surface area contributed by atoms with Gasteiger partial charge >= 0.3 is 5.97 Å². The van der Waals surface area contributed by atoms with Crippen molar-refractivity contribution in [2.24, 2.45) is 5.73 Å². The highest BCUT2D eigenvalue weighted by Crippen LogP contribution is 2.41. The second-order valence-electron chi connectivity index (χ2n) is 9.19. The van der Waals surface area contributed by atoms with E-state index in [1.807, 2.05) is 30.3 Å². The average Bonchev–Trinajstić information content (AvgIpc) is 3.29. The van der Waals surface area contributed by atoms with Crippen LogP contribution in [0.15, 0.2) is 77.1 Å². The molecule has 0 fully saturated rings. The van der Waals surface area contributed by atoms with Crippen molar-refractivity contribution >= 4 is 87.1 Å². The molecule has 1 atom stereocenters. The maximum atomic E-state index is 14.0. The molecule has 1 aliphatic heterocycles. The van der Waals surface area contributed by atoms with Gasteiger partial charge in [0.1, 0.15) is 10.5 Å². The molecule has 3 N–H and O–H groups in total. The highest BCUT2D eigenvalue weighted by Gasteiger charge is 2.40. The standard InChI is InChI=1S/C30H21Cl4N3O4S/c1-41-30(40)24-23(19-10-9-18(32)13-21(19)34)25(27(38)36-14-15-5-3-2-4-6-15)29-37(26(24)35)28(39)22(42-29)11-16-7-8-17(31)12-20(16)33/h2-13,23H,14,35H2,1H3,(H,36,38)/b22-11+. The number of nitrogens with zero attached hydrogens (tertiary/aromatic N) is 1. The van der Waals surface area contributed by atoms with E-state index in [0.717, 1.165) is 21.5 Å². The summed E-state index contributed by atoms with van der Waals surface area (Å²) in [5.41, 5.74) is 7.72. The molecule has 1 aliphatic rings. The maximum absolute atomic E-state index is 14.0. The minimum Gasteiger partial charge on any atom is -0.466 e. The van der Waals surface area contributed by atoms with Gasteiger partial charge < -0.3 is 15.8 Å². The lowest BCUT2D eigenvalue weighted by atomic mass is 9.82. The average molecular weight is 661 g/mol. The quantitative estimate of drug-likeness (QED) is 0.286. The van der Waals surface area contributed by atoms with Crippen molar-refractivity contribution < 1.29 is 14.3 Å². The van der Waals surface area contributed by atoms with Crippen LogP contribution in [0.5, 0.6) is 0 Å². The van der Waals surface area contributed by atoms with Crippen LogP contribution < -0.4 is 25.8 Å². The summed E-state index contributed by atoms with van der Waals surface area (Å²) in [6.45, 7) is 0.186. The van der Waals surface area contributed by atoms with Crippen LogP contribution in [0, 0.1) is 0 Å². The van der Waals surface area contributed by atoms with Crippen LogP contribution in [0.4, 0.5) is 0 Å². The lowest BCUT2D eigenvalue weighted by Crippen LogP contribution is -2.43. The summed E-state index contributed by atoms with van der Waals surface area (Å²) in [5.74, 6) is -2.62. The van der Waals surface area contributed by atoms with Crippen LogP contribution in [-0.2, 0) is 20.9 Å². The number of nitrogens with one attached hydrogen (secondary N) is 1. The Morgan fingerprint density at radius 1 is 0.976 bits per heavy atom. The van der Waals surface area contributed by atoms with E-state index in [-0.39, 0.29) is 37.7 Å². The number of rotatable bonds is 6. The molecule has 3 aromatic carbocycles. The van der Waals surface area contributed by atoms with Crippen LogP contribution in [0.25, 0.3) is 17.5 Å². The van der Waals surface area contributed by atoms with Gasteiger partial charge in [-0.05, 0) is 47.0 Å². The number of nitrogens with two attached hydrogens (primary N) is 1. The van der Waals surface area contributed by atoms with Gasteiger partial charge in [0, 0.05) is 26.6 Å². The zero-order valence-corrected chi connectivity index (χ0v) is 25.6. The third-order valence-electron chi connectivity index (χ3n) is 6.62. The molecule has 0 saturated heterocycles. The number of carbonyl (C=O) groups is 2. The van der Waals surface area contributed by atoms with Crippen molar-refractivity contribution in [3.63, 3.8) is 0 Å². The highest BCUT2D eigenvalue weighted by atomic mass is 35.5. The van der Waals surface area contributed by atoms with Crippen molar-refractivity contribution in [3.05, 3.63) is 129 Å². The maximum Gasteiger partial charge on any atom is 0.338 e. The van der Waals surface area contributed by atoms with E-state index >= 15 is 0 Å². The van der Waals surface area contributed by atoms with Crippen molar-refractivity contribution in [1.29, 1.82) is 0 Å². The number of hydrogen-bond donors (Lipinski definition) is 2. The molecule has 4 aromatic rings. The summed E-state index contributed by atoms with van der Waals surface area (Å²) < 4.78 is 6.66. The van der Waals surface area contributed by atoms with E-state index in [1.165, 1.54) is 13.2 Å². The molecule has 2 heterocycles. The molecular formula is C30H21Cl4N3O4S. The molecular weight excluding hydrogens is 640 g/mol. The molecule has 0 aliphatic carbocycles. The molecule has 5 rings (SSSR count). The van der Waals surface area contributed by atoms with Gasteiger partial charge in [-0.25, -0.2) is 4.79 Å². The number of esters is 1. The summed E-state index contributed by atoms with van der Waals surface area (Å²) in [5, 5.41) is 4.22. The Balaban J connectivity index is 1.82. The third-order valence-corrected chi connectivity index (χ3v) is 8.85. The van der Waals surface area contributed by atoms with E-state index in [9.17, 15) is 14.4 Å². The van der Waals surface area contributed by atoms with E-state index < -0.39 is 23.4 Å². The summed E-state index contributed by atoms with van der Waals surface area (Å²) in [7, 11) is 1.19. The Kier molecular flexibility index (Phi) is 8.82. The van der Waals surface area contributed by atoms with E-state index in [0.29, 0.717) is 26.2 Å². The van der Waals surface area contributed by atoms with Crippen LogP contribution in [0.3, 0.4) is 0 Å². The van der Waals surface area contributed by atoms with Gasteiger partial charge in [-0.2, -0.15) is 0 Å². The predicted octanol–water partition coefficient (Wildman–Crippen LogP) is 4.92. The Morgan fingerprint density at radius 3 is 2.29 bits per heavy atom. The normalized spacial score (nSPS) is 15.0. The fourth-order valence-corrected chi connectivity index (χ4v) is 6.80. The number of ether oxygens (including phenoxy) is 1. The number of amides is 1. The zero-order valence-electron chi connectivity index (χ0n) is 21.8. The van der Waals surface area contributed by atoms with E-state index in [1.54, 1.807) is 36.4 Å². The summed E-state index contributed by atoms with van der Waals surface area (Å²) in [4.78, 5) is 41.1. The molecule has 214 valence electrons. The lowest BCUT2D eigenvalue weighted by Gasteiger charge is -2.28. The number of thiazole rings is 1. The topological polar surface area (TPSA) is 103 Å². The monoisotopic (exact) mass is 659 g/mol. The number of halogens is 4. The van der Waals surface area contributed by atoms with E-state index in [4.69, 9.17) is 56.9 Å². The fraction of sp³-hybridized carbons (Fsp3) is 0.100. The first-order chi connectivity index (χ1) is 20.1. The van der Waals surface area contributed by atoms with Crippen LogP contribution >= 0.6 is 57.7 Å². The molecule has 0 spiro atoms. The van der Waals surface area contributed by atoms with Crippen molar-refractivity contribution in [2.75, 3.05) is 7.11 Å². The molecule has 0 saturated carbocycles. The second-order valence-corrected chi connectivity index (χ2v) is 11.9. The first-order valence-corrected chi connectivity index (χ1v) is 14.7. The van der Waals surface area contributed by atoms with Gasteiger partial charge in [0.15, 0.2) is 0 Å². The zero-order chi connectivity index (χ0) is 30.1. The van der Waals surface area contributed by atoms with Gasteiger partial charge in [0.2, 0.25) is 0 Å². The SMILES string of the molecule is COC(=O)C1=C(N)n2c(s/c(=C/c3ccc(Cl)cc3Cl)c2=O)=C(C(=O)NCc2ccccc2)C1c1ccc(Cl)cc1Cl. The first kappa shape index (κ1) is 29.9. The third kappa shape index (κ3) is 5.73. The molecule has 7 nitrogen and oxygen atoms in total. The number of carbonyl (C=O) groups excluding carboxylic acids is 2. The van der Waals surface area contributed by atoms with Crippen LogP contribution in [-0.4, -0.2) is 23.6 Å². The number of fused-ring (bicyclic) bond motifs is 1. The van der Waals surface area contributed by atoms with Crippen LogP contribution in [0.2, 0.25) is 20.1 Å². The van der Waals surface area contributed by atoms with Gasteiger partial charge in [-0.3, -0.25) is 14.2 Å². The molecule has 1 amide bonds. The van der Waals surface area contributed by atoms with Crippen molar-refractivity contribution in [3.8, 4) is 0 Å². The number of hydrogen-bond acceptors (Lipinski definition) is 6. The molecule has 1 unspecified atom stereocenters. The highest BCUT2D eigenvalue weighted by molar-refractivity contribution is 7.07. The van der Waals surface area contributed by atoms with Crippen LogP contribution in [0.1, 0.15) is 22.6 Å². The van der Waals surface area contributed by atoms with Crippen molar-refractivity contribution in [1.82, 2.24) is 9.88 Å². The Labute approximate surface area is 264 Å². The Bertz CT molecular complexity index is 1950. The van der Waals surface area contributed by atoms with E-state index in [2.05, 4.69) is 5.32 Å². The lowest BCUT2D eigenvalue weighted by molar-refractivity contribution is -0.136. The van der Waals surface area contributed by atoms with Gasteiger partial charge in [-0.15, -0.1) is 11.3 Å². The molecule has 0 radical (unpaired) electrons. The number of methoxy groups -OCH3 is 1. The summed E-state index contributed by atoms with van der Waals surface area (Å²) in [6.07, 6.45) is 1.58. The predicted molar refractivity (Wildman–Crippen MR) is 168 cm³/mol. The minimum atomic E-state index is -1.08. The molecule has 0 bridgehead atoms. The fourth-order valence-electron chi connectivity index (χ4n) is 4.66. The van der Waals surface area contributed by atoms with Gasteiger partial charge in [0.05, 0.1) is 28.7 Å². The smallest absolute Gasteiger partial charge is 0.338 e. The molecule has 12 heteroatoms. The Morgan fingerprint density at radius 2 is 1.64 bits per heavy atom. The largest absolute Gasteiger partial charge is 0.466 e. The molecule has 1 aromatic heterocycles.